The van der Waals surface area contributed by atoms with Gasteiger partial charge < -0.3 is 10.4 Å². The predicted molar refractivity (Wildman–Crippen MR) is 71.1 cm³/mol. The van der Waals surface area contributed by atoms with Crippen LogP contribution < -0.4 is 5.32 Å². The molecule has 2 N–H and O–H groups in total. The van der Waals surface area contributed by atoms with Crippen LogP contribution in [0.15, 0.2) is 22.7 Å². The van der Waals surface area contributed by atoms with Gasteiger partial charge in [-0.15, -0.1) is 0 Å². The second-order valence-corrected chi connectivity index (χ2v) is 5.66. The first kappa shape index (κ1) is 12.2. The fourth-order valence-corrected chi connectivity index (χ4v) is 2.75. The van der Waals surface area contributed by atoms with E-state index in [1.54, 1.807) is 0 Å². The summed E-state index contributed by atoms with van der Waals surface area (Å²) in [5, 5.41) is 13.6. The zero-order chi connectivity index (χ0) is 11.6. The number of benzene rings is 1. The molecule has 0 atom stereocenters. The minimum absolute atomic E-state index is 0.132. The maximum Gasteiger partial charge on any atom is 0.0661 e. The Hall–Kier alpha value is -0.250. The van der Waals surface area contributed by atoms with E-state index < -0.39 is 0 Å². The number of aliphatic hydroxyl groups is 1. The van der Waals surface area contributed by atoms with Gasteiger partial charge in [-0.3, -0.25) is 0 Å². The van der Waals surface area contributed by atoms with Gasteiger partial charge in [-0.2, -0.15) is 0 Å². The van der Waals surface area contributed by atoms with Gasteiger partial charge in [-0.25, -0.2) is 0 Å². The molecule has 1 aromatic rings. The first-order chi connectivity index (χ1) is 7.65. The molecule has 0 radical (unpaired) electrons. The smallest absolute Gasteiger partial charge is 0.0661 e. The van der Waals surface area contributed by atoms with Crippen LogP contribution in [0.2, 0.25) is 5.02 Å². The molecule has 88 valence electrons. The maximum atomic E-state index is 9.50. The molecular formula is C12H15BrClNO. The average Bonchev–Trinajstić information content (AvgIpc) is 2.73. The minimum atomic E-state index is -0.132. The van der Waals surface area contributed by atoms with Crippen LogP contribution in [-0.2, 0) is 0 Å². The molecule has 1 fully saturated rings. The van der Waals surface area contributed by atoms with Crippen molar-refractivity contribution in [2.45, 2.75) is 31.2 Å². The highest BCUT2D eigenvalue weighted by molar-refractivity contribution is 9.10. The molecule has 0 amide bonds. The van der Waals surface area contributed by atoms with Gasteiger partial charge in [0.15, 0.2) is 0 Å². The molecule has 0 saturated heterocycles. The van der Waals surface area contributed by atoms with Crippen molar-refractivity contribution >= 4 is 33.2 Å². The minimum Gasteiger partial charge on any atom is -0.394 e. The van der Waals surface area contributed by atoms with Crippen molar-refractivity contribution in [1.82, 2.24) is 0 Å². The van der Waals surface area contributed by atoms with Crippen molar-refractivity contribution in [3.8, 4) is 0 Å². The lowest BCUT2D eigenvalue weighted by Crippen LogP contribution is -2.38. The van der Waals surface area contributed by atoms with E-state index in [4.69, 9.17) is 11.6 Å². The number of nitrogens with one attached hydrogen (secondary N) is 1. The Morgan fingerprint density at radius 1 is 1.38 bits per heavy atom. The van der Waals surface area contributed by atoms with Gasteiger partial charge in [0.05, 0.1) is 17.2 Å². The fourth-order valence-electron chi connectivity index (χ4n) is 2.25. The van der Waals surface area contributed by atoms with Crippen LogP contribution in [-0.4, -0.2) is 17.3 Å². The van der Waals surface area contributed by atoms with Gasteiger partial charge in [0.25, 0.3) is 0 Å². The van der Waals surface area contributed by atoms with Gasteiger partial charge in [-0.1, -0.05) is 24.4 Å². The largest absolute Gasteiger partial charge is 0.394 e. The van der Waals surface area contributed by atoms with E-state index in [1.165, 1.54) is 12.8 Å². The summed E-state index contributed by atoms with van der Waals surface area (Å²) in [6.45, 7) is 0.188. The van der Waals surface area contributed by atoms with Crippen molar-refractivity contribution in [2.75, 3.05) is 11.9 Å². The normalized spacial score (nSPS) is 18.7. The molecular weight excluding hydrogens is 289 g/mol. The number of halogens is 2. The van der Waals surface area contributed by atoms with Gasteiger partial charge in [0.2, 0.25) is 0 Å². The maximum absolute atomic E-state index is 9.50. The van der Waals surface area contributed by atoms with E-state index in [0.29, 0.717) is 5.02 Å². The van der Waals surface area contributed by atoms with Crippen LogP contribution in [0, 0.1) is 0 Å². The molecule has 0 unspecified atom stereocenters. The van der Waals surface area contributed by atoms with Crippen molar-refractivity contribution in [3.63, 3.8) is 0 Å². The van der Waals surface area contributed by atoms with E-state index >= 15 is 0 Å². The van der Waals surface area contributed by atoms with Crippen LogP contribution in [0.5, 0.6) is 0 Å². The summed E-state index contributed by atoms with van der Waals surface area (Å²) >= 11 is 9.34. The number of aliphatic hydroxyl groups excluding tert-OH is 1. The first-order valence-electron chi connectivity index (χ1n) is 5.49. The summed E-state index contributed by atoms with van der Waals surface area (Å²) in [4.78, 5) is 0. The van der Waals surface area contributed by atoms with Crippen LogP contribution in [0.25, 0.3) is 0 Å². The molecule has 16 heavy (non-hydrogen) atoms. The molecule has 4 heteroatoms. The standard InChI is InChI=1S/C12H15BrClNO/c13-10-7-9(3-4-11(10)14)15-12(8-16)5-1-2-6-12/h3-4,7,15-16H,1-2,5-6,8H2. The van der Waals surface area contributed by atoms with Crippen molar-refractivity contribution < 1.29 is 5.11 Å². The Kier molecular flexibility index (Phi) is 3.77. The Bertz CT molecular complexity index is 377. The molecule has 1 aromatic carbocycles. The van der Waals surface area contributed by atoms with Crippen molar-refractivity contribution in [1.29, 1.82) is 0 Å². The lowest BCUT2D eigenvalue weighted by atomic mass is 9.98. The Balaban J connectivity index is 2.16. The Labute approximate surface area is 109 Å². The Morgan fingerprint density at radius 2 is 2.06 bits per heavy atom. The summed E-state index contributed by atoms with van der Waals surface area (Å²) in [7, 11) is 0. The summed E-state index contributed by atoms with van der Waals surface area (Å²) in [5.41, 5.74) is 0.875. The summed E-state index contributed by atoms with van der Waals surface area (Å²) in [6.07, 6.45) is 4.43. The molecule has 2 nitrogen and oxygen atoms in total. The fraction of sp³-hybridized carbons (Fsp3) is 0.500. The summed E-state index contributed by atoms with van der Waals surface area (Å²) in [5.74, 6) is 0. The molecule has 0 heterocycles. The van der Waals surface area contributed by atoms with Gasteiger partial charge >= 0.3 is 0 Å². The third-order valence-electron chi connectivity index (χ3n) is 3.19. The zero-order valence-corrected chi connectivity index (χ0v) is 11.3. The number of hydrogen-bond acceptors (Lipinski definition) is 2. The number of rotatable bonds is 3. The lowest BCUT2D eigenvalue weighted by molar-refractivity contribution is 0.214. The van der Waals surface area contributed by atoms with Gasteiger partial charge in [0, 0.05) is 10.2 Å². The van der Waals surface area contributed by atoms with Crippen LogP contribution in [0.1, 0.15) is 25.7 Å². The summed E-state index contributed by atoms with van der Waals surface area (Å²) in [6, 6.07) is 5.76. The molecule has 1 saturated carbocycles. The number of hydrogen-bond donors (Lipinski definition) is 2. The van der Waals surface area contributed by atoms with Crippen molar-refractivity contribution in [3.05, 3.63) is 27.7 Å². The third-order valence-corrected chi connectivity index (χ3v) is 4.41. The van der Waals surface area contributed by atoms with E-state index in [2.05, 4.69) is 21.2 Å². The van der Waals surface area contributed by atoms with E-state index in [-0.39, 0.29) is 12.1 Å². The molecule has 0 bridgehead atoms. The molecule has 2 rings (SSSR count). The highest BCUT2D eigenvalue weighted by Gasteiger charge is 2.32. The molecule has 1 aliphatic carbocycles. The van der Waals surface area contributed by atoms with E-state index in [9.17, 15) is 5.11 Å². The van der Waals surface area contributed by atoms with Gasteiger partial charge in [-0.05, 0) is 47.0 Å². The Morgan fingerprint density at radius 3 is 2.62 bits per heavy atom. The third kappa shape index (κ3) is 2.53. The second-order valence-electron chi connectivity index (χ2n) is 4.40. The van der Waals surface area contributed by atoms with Crippen LogP contribution in [0.3, 0.4) is 0 Å². The van der Waals surface area contributed by atoms with E-state index in [0.717, 1.165) is 23.0 Å². The molecule has 1 aliphatic rings. The van der Waals surface area contributed by atoms with Crippen molar-refractivity contribution in [2.24, 2.45) is 0 Å². The van der Waals surface area contributed by atoms with Crippen LogP contribution >= 0.6 is 27.5 Å². The predicted octanol–water partition coefficient (Wildman–Crippen LogP) is 3.82. The van der Waals surface area contributed by atoms with Crippen LogP contribution in [0.4, 0.5) is 5.69 Å². The second kappa shape index (κ2) is 4.94. The highest BCUT2D eigenvalue weighted by atomic mass is 79.9. The average molecular weight is 305 g/mol. The quantitative estimate of drug-likeness (QED) is 0.890. The monoisotopic (exact) mass is 303 g/mol. The number of anilines is 1. The van der Waals surface area contributed by atoms with E-state index in [1.807, 2.05) is 18.2 Å². The molecule has 0 aromatic heterocycles. The van der Waals surface area contributed by atoms with Gasteiger partial charge in [0.1, 0.15) is 0 Å². The topological polar surface area (TPSA) is 32.3 Å². The first-order valence-corrected chi connectivity index (χ1v) is 6.66. The SMILES string of the molecule is OCC1(Nc2ccc(Cl)c(Br)c2)CCCC1. The molecule has 0 aliphatic heterocycles. The lowest BCUT2D eigenvalue weighted by Gasteiger charge is -2.29. The zero-order valence-electron chi connectivity index (χ0n) is 8.97. The molecule has 0 spiro atoms. The summed E-state index contributed by atoms with van der Waals surface area (Å²) < 4.78 is 0.880. The highest BCUT2D eigenvalue weighted by Crippen LogP contribution is 2.34.